The van der Waals surface area contributed by atoms with Gasteiger partial charge in [-0.1, -0.05) is 18.2 Å². The molecule has 0 saturated carbocycles. The summed E-state index contributed by atoms with van der Waals surface area (Å²) in [6.07, 6.45) is 3.86. The van der Waals surface area contributed by atoms with E-state index < -0.39 is 5.60 Å². The van der Waals surface area contributed by atoms with Gasteiger partial charge in [0.1, 0.15) is 0 Å². The van der Waals surface area contributed by atoms with Crippen LogP contribution < -0.4 is 0 Å². The molecule has 0 aliphatic carbocycles. The van der Waals surface area contributed by atoms with Crippen molar-refractivity contribution in [2.75, 3.05) is 33.7 Å². The number of carbonyl (C=O) groups excluding carboxylic acids is 1. The highest BCUT2D eigenvalue weighted by Gasteiger charge is 2.38. The number of likely N-dealkylation sites (N-methyl/N-ethyl adjacent to an activating group) is 1. The number of carbonyl (C=O) groups is 1. The molecule has 0 bridgehead atoms. The van der Waals surface area contributed by atoms with E-state index in [2.05, 4.69) is 11.1 Å². The minimum absolute atomic E-state index is 0.130. The summed E-state index contributed by atoms with van der Waals surface area (Å²) in [6, 6.07) is 8.15. The number of hydrogen-bond acceptors (Lipinski definition) is 3. The largest absolute Gasteiger partial charge is 0.387 e. The van der Waals surface area contributed by atoms with E-state index in [-0.39, 0.29) is 5.91 Å². The van der Waals surface area contributed by atoms with Crippen molar-refractivity contribution in [2.45, 2.75) is 24.9 Å². The molecule has 2 aromatic rings. The number of amides is 1. The molecule has 1 saturated heterocycles. The summed E-state index contributed by atoms with van der Waals surface area (Å²) in [4.78, 5) is 19.5. The van der Waals surface area contributed by atoms with E-state index >= 15 is 0 Å². The van der Waals surface area contributed by atoms with Crippen molar-refractivity contribution in [3.05, 3.63) is 36.0 Å². The standard InChI is InChI=1S/C18H25N3O2/c1-20(2)12-18(23)9-10-21(13-18)17(22)8-7-14-11-19-16-6-4-3-5-15(14)16/h3-6,11,19,23H,7-10,12-13H2,1-2H3/t18-/m0/s1. The number of fused-ring (bicyclic) bond motifs is 1. The Bertz CT molecular complexity index is 694. The minimum atomic E-state index is -0.764. The lowest BCUT2D eigenvalue weighted by Crippen LogP contribution is -2.43. The van der Waals surface area contributed by atoms with Gasteiger partial charge in [-0.05, 0) is 38.6 Å². The fourth-order valence-electron chi connectivity index (χ4n) is 3.53. The Morgan fingerprint density at radius 2 is 2.17 bits per heavy atom. The zero-order valence-corrected chi connectivity index (χ0v) is 13.9. The summed E-state index contributed by atoms with van der Waals surface area (Å²) < 4.78 is 0. The molecule has 3 rings (SSSR count). The summed E-state index contributed by atoms with van der Waals surface area (Å²) in [6.45, 7) is 1.69. The molecule has 1 aromatic carbocycles. The van der Waals surface area contributed by atoms with Crippen LogP contribution in [0.15, 0.2) is 30.5 Å². The van der Waals surface area contributed by atoms with E-state index in [4.69, 9.17) is 0 Å². The van der Waals surface area contributed by atoms with Crippen LogP contribution in [-0.4, -0.2) is 65.1 Å². The number of nitrogens with zero attached hydrogens (tertiary/aromatic N) is 2. The first-order valence-corrected chi connectivity index (χ1v) is 8.17. The van der Waals surface area contributed by atoms with Gasteiger partial charge >= 0.3 is 0 Å². The summed E-state index contributed by atoms with van der Waals surface area (Å²) >= 11 is 0. The highest BCUT2D eigenvalue weighted by Crippen LogP contribution is 2.24. The normalized spacial score (nSPS) is 21.5. The topological polar surface area (TPSA) is 59.6 Å². The maximum Gasteiger partial charge on any atom is 0.223 e. The van der Waals surface area contributed by atoms with Gasteiger partial charge in [0, 0.05) is 36.6 Å². The van der Waals surface area contributed by atoms with Crippen LogP contribution in [0.3, 0.4) is 0 Å². The fraction of sp³-hybridized carbons (Fsp3) is 0.500. The maximum absolute atomic E-state index is 12.4. The van der Waals surface area contributed by atoms with Crippen molar-refractivity contribution in [3.63, 3.8) is 0 Å². The predicted octanol–water partition coefficient (Wildman–Crippen LogP) is 1.63. The van der Waals surface area contributed by atoms with E-state index in [9.17, 15) is 9.90 Å². The third kappa shape index (κ3) is 3.57. The molecule has 23 heavy (non-hydrogen) atoms. The van der Waals surface area contributed by atoms with Crippen LogP contribution in [0.25, 0.3) is 10.9 Å². The number of para-hydroxylation sites is 1. The van der Waals surface area contributed by atoms with Crippen LogP contribution in [-0.2, 0) is 11.2 Å². The summed E-state index contributed by atoms with van der Waals surface area (Å²) in [7, 11) is 3.89. The lowest BCUT2D eigenvalue weighted by Gasteiger charge is -2.26. The number of nitrogens with one attached hydrogen (secondary N) is 1. The molecule has 2 N–H and O–H groups in total. The molecular weight excluding hydrogens is 290 g/mol. The predicted molar refractivity (Wildman–Crippen MR) is 91.3 cm³/mol. The average molecular weight is 315 g/mol. The van der Waals surface area contributed by atoms with Gasteiger partial charge in [-0.15, -0.1) is 0 Å². The van der Waals surface area contributed by atoms with Gasteiger partial charge in [0.05, 0.1) is 12.1 Å². The van der Waals surface area contributed by atoms with Gasteiger partial charge in [-0.2, -0.15) is 0 Å². The van der Waals surface area contributed by atoms with Gasteiger partial charge in [-0.3, -0.25) is 4.79 Å². The van der Waals surface area contributed by atoms with Crippen molar-refractivity contribution in [1.29, 1.82) is 0 Å². The summed E-state index contributed by atoms with van der Waals surface area (Å²) in [5.41, 5.74) is 1.52. The number of H-pyrrole nitrogens is 1. The van der Waals surface area contributed by atoms with E-state index in [1.165, 1.54) is 10.9 Å². The van der Waals surface area contributed by atoms with Crippen LogP contribution >= 0.6 is 0 Å². The third-order valence-corrected chi connectivity index (χ3v) is 4.58. The molecule has 5 heteroatoms. The molecule has 2 heterocycles. The van der Waals surface area contributed by atoms with E-state index in [1.54, 1.807) is 4.90 Å². The Hall–Kier alpha value is -1.85. The van der Waals surface area contributed by atoms with E-state index in [1.807, 2.05) is 43.4 Å². The highest BCUT2D eigenvalue weighted by molar-refractivity contribution is 5.84. The Morgan fingerprint density at radius 3 is 2.96 bits per heavy atom. The number of rotatable bonds is 5. The lowest BCUT2D eigenvalue weighted by atomic mass is 10.0. The highest BCUT2D eigenvalue weighted by atomic mass is 16.3. The van der Waals surface area contributed by atoms with Crippen molar-refractivity contribution in [3.8, 4) is 0 Å². The van der Waals surface area contributed by atoms with Crippen LogP contribution in [0, 0.1) is 0 Å². The molecule has 1 aromatic heterocycles. The van der Waals surface area contributed by atoms with Gasteiger partial charge < -0.3 is 19.9 Å². The summed E-state index contributed by atoms with van der Waals surface area (Å²) in [5.74, 6) is 0.130. The van der Waals surface area contributed by atoms with Crippen molar-refractivity contribution < 1.29 is 9.90 Å². The molecule has 0 unspecified atom stereocenters. The molecule has 1 aliphatic rings. The van der Waals surface area contributed by atoms with Crippen LogP contribution in [0.5, 0.6) is 0 Å². The van der Waals surface area contributed by atoms with E-state index in [0.717, 1.165) is 11.9 Å². The molecule has 0 spiro atoms. The van der Waals surface area contributed by atoms with E-state index in [0.29, 0.717) is 32.5 Å². The number of β-amino-alcohol motifs (C(OH)–C–C–N with tert-alkyl or cyclic N) is 1. The monoisotopic (exact) mass is 315 g/mol. The number of likely N-dealkylation sites (tertiary alicyclic amines) is 1. The molecule has 5 nitrogen and oxygen atoms in total. The first-order valence-electron chi connectivity index (χ1n) is 8.17. The number of aromatic amines is 1. The van der Waals surface area contributed by atoms with Gasteiger partial charge in [0.2, 0.25) is 5.91 Å². The molecule has 124 valence electrons. The number of hydrogen-bond donors (Lipinski definition) is 2. The Balaban J connectivity index is 1.58. The first-order chi connectivity index (χ1) is 11.0. The second kappa shape index (κ2) is 6.34. The Kier molecular flexibility index (Phi) is 4.41. The molecule has 0 radical (unpaired) electrons. The molecule has 1 aliphatic heterocycles. The van der Waals surface area contributed by atoms with Gasteiger partial charge in [-0.25, -0.2) is 0 Å². The van der Waals surface area contributed by atoms with Crippen LogP contribution in [0.2, 0.25) is 0 Å². The molecular formula is C18H25N3O2. The van der Waals surface area contributed by atoms with Crippen LogP contribution in [0.1, 0.15) is 18.4 Å². The quantitative estimate of drug-likeness (QED) is 0.881. The Labute approximate surface area is 136 Å². The minimum Gasteiger partial charge on any atom is -0.387 e. The van der Waals surface area contributed by atoms with Crippen molar-refractivity contribution >= 4 is 16.8 Å². The first kappa shape index (κ1) is 16.0. The molecule has 1 fully saturated rings. The lowest BCUT2D eigenvalue weighted by molar-refractivity contribution is -0.131. The number of aromatic nitrogens is 1. The second-order valence-corrected chi connectivity index (χ2v) is 6.89. The van der Waals surface area contributed by atoms with Gasteiger partial charge in [0.15, 0.2) is 0 Å². The summed E-state index contributed by atoms with van der Waals surface area (Å²) in [5, 5.41) is 11.7. The van der Waals surface area contributed by atoms with Gasteiger partial charge in [0.25, 0.3) is 0 Å². The number of aliphatic hydroxyl groups is 1. The third-order valence-electron chi connectivity index (χ3n) is 4.58. The smallest absolute Gasteiger partial charge is 0.223 e. The zero-order valence-electron chi connectivity index (χ0n) is 13.9. The Morgan fingerprint density at radius 1 is 1.39 bits per heavy atom. The average Bonchev–Trinajstić information content (AvgIpc) is 3.08. The number of aryl methyl sites for hydroxylation is 1. The number of benzene rings is 1. The molecule has 1 atom stereocenters. The maximum atomic E-state index is 12.4. The van der Waals surface area contributed by atoms with Crippen molar-refractivity contribution in [2.24, 2.45) is 0 Å². The second-order valence-electron chi connectivity index (χ2n) is 6.89. The van der Waals surface area contributed by atoms with Crippen molar-refractivity contribution in [1.82, 2.24) is 14.8 Å². The van der Waals surface area contributed by atoms with Crippen LogP contribution in [0.4, 0.5) is 0 Å². The fourth-order valence-corrected chi connectivity index (χ4v) is 3.53. The SMILES string of the molecule is CN(C)C[C@@]1(O)CCN(C(=O)CCc2c[nH]c3ccccc23)C1. The molecule has 1 amide bonds. The zero-order chi connectivity index (χ0) is 16.4.